The first-order chi connectivity index (χ1) is 7.24. The van der Waals surface area contributed by atoms with Gasteiger partial charge in [0, 0.05) is 18.0 Å². The lowest BCUT2D eigenvalue weighted by Crippen LogP contribution is -2.31. The molecule has 0 aromatic carbocycles. The van der Waals surface area contributed by atoms with Crippen molar-refractivity contribution in [2.45, 2.75) is 44.6 Å². The molecule has 0 aliphatic heterocycles. The number of nitrogens with zero attached hydrogens (tertiary/aromatic N) is 1. The van der Waals surface area contributed by atoms with Crippen molar-refractivity contribution in [3.8, 4) is 0 Å². The first-order valence-corrected chi connectivity index (χ1v) is 5.87. The SMILES string of the molecule is CCC1CCC(O)(c2cccnc2)CC1. The van der Waals surface area contributed by atoms with Crippen molar-refractivity contribution in [1.29, 1.82) is 0 Å². The topological polar surface area (TPSA) is 33.1 Å². The summed E-state index contributed by atoms with van der Waals surface area (Å²) in [5.74, 6) is 0.807. The second kappa shape index (κ2) is 4.31. The number of pyridine rings is 1. The molecule has 2 heteroatoms. The molecule has 15 heavy (non-hydrogen) atoms. The minimum Gasteiger partial charge on any atom is -0.385 e. The van der Waals surface area contributed by atoms with E-state index in [-0.39, 0.29) is 0 Å². The molecule has 1 aliphatic rings. The maximum Gasteiger partial charge on any atom is 0.0911 e. The third-order valence-electron chi connectivity index (χ3n) is 3.71. The Labute approximate surface area is 91.4 Å². The average molecular weight is 205 g/mol. The van der Waals surface area contributed by atoms with Gasteiger partial charge in [-0.25, -0.2) is 0 Å². The average Bonchev–Trinajstić information content (AvgIpc) is 2.31. The van der Waals surface area contributed by atoms with E-state index < -0.39 is 5.60 Å². The first kappa shape index (κ1) is 10.6. The van der Waals surface area contributed by atoms with Crippen LogP contribution in [0, 0.1) is 5.92 Å². The van der Waals surface area contributed by atoms with E-state index in [1.807, 2.05) is 12.1 Å². The van der Waals surface area contributed by atoms with Gasteiger partial charge >= 0.3 is 0 Å². The van der Waals surface area contributed by atoms with Crippen LogP contribution in [0.1, 0.15) is 44.6 Å². The normalized spacial score (nSPS) is 31.5. The molecule has 1 fully saturated rings. The van der Waals surface area contributed by atoms with Gasteiger partial charge in [-0.1, -0.05) is 19.4 Å². The molecule has 0 atom stereocenters. The molecular weight excluding hydrogens is 186 g/mol. The van der Waals surface area contributed by atoms with Crippen LogP contribution in [-0.2, 0) is 5.60 Å². The van der Waals surface area contributed by atoms with Gasteiger partial charge in [0.05, 0.1) is 5.60 Å². The second-order valence-corrected chi connectivity index (χ2v) is 4.62. The molecule has 2 nitrogen and oxygen atoms in total. The highest BCUT2D eigenvalue weighted by Gasteiger charge is 2.34. The third kappa shape index (κ3) is 2.20. The predicted octanol–water partition coefficient (Wildman–Crippen LogP) is 2.87. The summed E-state index contributed by atoms with van der Waals surface area (Å²) in [4.78, 5) is 4.08. The molecule has 0 bridgehead atoms. The first-order valence-electron chi connectivity index (χ1n) is 5.87. The highest BCUT2D eigenvalue weighted by atomic mass is 16.3. The standard InChI is InChI=1S/C13H19NO/c1-2-11-5-7-13(15,8-6-11)12-4-3-9-14-10-12/h3-4,9-11,15H,2,5-8H2,1H3. The molecular formula is C13H19NO. The Kier molecular flexibility index (Phi) is 3.06. The molecule has 0 saturated heterocycles. The van der Waals surface area contributed by atoms with Crippen LogP contribution < -0.4 is 0 Å². The minimum absolute atomic E-state index is 0.611. The number of aromatic nitrogens is 1. The lowest BCUT2D eigenvalue weighted by molar-refractivity contribution is -0.0148. The van der Waals surface area contributed by atoms with Crippen molar-refractivity contribution in [2.24, 2.45) is 5.92 Å². The highest BCUT2D eigenvalue weighted by molar-refractivity contribution is 5.18. The molecule has 1 aromatic heterocycles. The van der Waals surface area contributed by atoms with Gasteiger partial charge in [-0.3, -0.25) is 4.98 Å². The van der Waals surface area contributed by atoms with Crippen LogP contribution in [0.15, 0.2) is 24.5 Å². The summed E-state index contributed by atoms with van der Waals surface area (Å²) in [7, 11) is 0. The molecule has 2 rings (SSSR count). The van der Waals surface area contributed by atoms with Gasteiger partial charge in [-0.15, -0.1) is 0 Å². The van der Waals surface area contributed by atoms with E-state index in [0.717, 1.165) is 37.2 Å². The Morgan fingerprint density at radius 1 is 1.47 bits per heavy atom. The van der Waals surface area contributed by atoms with E-state index in [1.165, 1.54) is 6.42 Å². The van der Waals surface area contributed by atoms with Crippen LogP contribution in [0.25, 0.3) is 0 Å². The molecule has 0 amide bonds. The van der Waals surface area contributed by atoms with Crippen LogP contribution in [-0.4, -0.2) is 10.1 Å². The van der Waals surface area contributed by atoms with E-state index >= 15 is 0 Å². The Morgan fingerprint density at radius 3 is 2.73 bits per heavy atom. The van der Waals surface area contributed by atoms with Crippen molar-refractivity contribution in [3.05, 3.63) is 30.1 Å². The zero-order valence-corrected chi connectivity index (χ0v) is 9.32. The number of hydrogen-bond acceptors (Lipinski definition) is 2. The second-order valence-electron chi connectivity index (χ2n) is 4.62. The van der Waals surface area contributed by atoms with Crippen LogP contribution in [0.3, 0.4) is 0 Å². The molecule has 1 N–H and O–H groups in total. The number of hydrogen-bond donors (Lipinski definition) is 1. The Hall–Kier alpha value is -0.890. The molecule has 1 aliphatic carbocycles. The molecule has 1 saturated carbocycles. The lowest BCUT2D eigenvalue weighted by atomic mass is 9.75. The summed E-state index contributed by atoms with van der Waals surface area (Å²) in [6, 6.07) is 3.89. The lowest BCUT2D eigenvalue weighted by Gasteiger charge is -2.35. The number of aliphatic hydroxyl groups is 1. The van der Waals surface area contributed by atoms with E-state index in [0.29, 0.717) is 0 Å². The fourth-order valence-electron chi connectivity index (χ4n) is 2.49. The molecule has 0 unspecified atom stereocenters. The zero-order chi connectivity index (χ0) is 10.7. The highest BCUT2D eigenvalue weighted by Crippen LogP contribution is 2.39. The van der Waals surface area contributed by atoms with Gasteiger partial charge in [0.2, 0.25) is 0 Å². The van der Waals surface area contributed by atoms with Gasteiger partial charge in [-0.2, -0.15) is 0 Å². The smallest absolute Gasteiger partial charge is 0.0911 e. The van der Waals surface area contributed by atoms with Crippen LogP contribution in [0.5, 0.6) is 0 Å². The summed E-state index contributed by atoms with van der Waals surface area (Å²) in [6.07, 6.45) is 8.85. The minimum atomic E-state index is -0.611. The maximum absolute atomic E-state index is 10.5. The Bertz CT molecular complexity index is 302. The summed E-state index contributed by atoms with van der Waals surface area (Å²) in [6.45, 7) is 2.24. The van der Waals surface area contributed by atoms with Crippen LogP contribution >= 0.6 is 0 Å². The molecule has 82 valence electrons. The van der Waals surface area contributed by atoms with Crippen molar-refractivity contribution in [2.75, 3.05) is 0 Å². The van der Waals surface area contributed by atoms with E-state index in [4.69, 9.17) is 0 Å². The zero-order valence-electron chi connectivity index (χ0n) is 9.32. The maximum atomic E-state index is 10.5. The predicted molar refractivity (Wildman–Crippen MR) is 60.4 cm³/mol. The van der Waals surface area contributed by atoms with E-state index in [9.17, 15) is 5.11 Å². The van der Waals surface area contributed by atoms with Crippen molar-refractivity contribution in [1.82, 2.24) is 4.98 Å². The van der Waals surface area contributed by atoms with Crippen molar-refractivity contribution >= 4 is 0 Å². The number of rotatable bonds is 2. The molecule has 0 radical (unpaired) electrons. The quantitative estimate of drug-likeness (QED) is 0.805. The summed E-state index contributed by atoms with van der Waals surface area (Å²) >= 11 is 0. The largest absolute Gasteiger partial charge is 0.385 e. The van der Waals surface area contributed by atoms with Crippen molar-refractivity contribution < 1.29 is 5.11 Å². The van der Waals surface area contributed by atoms with E-state index in [1.54, 1.807) is 12.4 Å². The summed E-state index contributed by atoms with van der Waals surface area (Å²) < 4.78 is 0. The third-order valence-corrected chi connectivity index (χ3v) is 3.71. The summed E-state index contributed by atoms with van der Waals surface area (Å²) in [5.41, 5.74) is 0.375. The van der Waals surface area contributed by atoms with Crippen LogP contribution in [0.4, 0.5) is 0 Å². The molecule has 0 spiro atoms. The van der Waals surface area contributed by atoms with Gasteiger partial charge in [-0.05, 0) is 37.7 Å². The summed E-state index contributed by atoms with van der Waals surface area (Å²) in [5, 5.41) is 10.5. The Balaban J connectivity index is 2.10. The van der Waals surface area contributed by atoms with Gasteiger partial charge in [0.25, 0.3) is 0 Å². The fourth-order valence-corrected chi connectivity index (χ4v) is 2.49. The van der Waals surface area contributed by atoms with Crippen molar-refractivity contribution in [3.63, 3.8) is 0 Å². The van der Waals surface area contributed by atoms with Gasteiger partial charge < -0.3 is 5.11 Å². The van der Waals surface area contributed by atoms with Crippen LogP contribution in [0.2, 0.25) is 0 Å². The van der Waals surface area contributed by atoms with Gasteiger partial charge in [0.1, 0.15) is 0 Å². The molecule has 1 aromatic rings. The van der Waals surface area contributed by atoms with Gasteiger partial charge in [0.15, 0.2) is 0 Å². The Morgan fingerprint density at radius 2 is 2.20 bits per heavy atom. The molecule has 1 heterocycles. The fraction of sp³-hybridized carbons (Fsp3) is 0.615. The monoisotopic (exact) mass is 205 g/mol. The van der Waals surface area contributed by atoms with E-state index in [2.05, 4.69) is 11.9 Å².